The summed E-state index contributed by atoms with van der Waals surface area (Å²) < 4.78 is 6.57. The molecule has 0 aliphatic heterocycles. The molecule has 7 nitrogen and oxygen atoms in total. The summed E-state index contributed by atoms with van der Waals surface area (Å²) in [7, 11) is 0. The maximum atomic E-state index is 12.1. The van der Waals surface area contributed by atoms with Gasteiger partial charge in [0.1, 0.15) is 5.82 Å². The molecular weight excluding hydrogens is 378 g/mol. The summed E-state index contributed by atoms with van der Waals surface area (Å²) in [6.45, 7) is 1.39. The first-order valence-corrected chi connectivity index (χ1v) is 9.55. The molecular formula is C20H19N3O4S. The number of carbonyl (C=O) groups is 3. The fourth-order valence-corrected chi connectivity index (χ4v) is 3.22. The van der Waals surface area contributed by atoms with Gasteiger partial charge in [-0.25, -0.2) is 4.68 Å². The van der Waals surface area contributed by atoms with Crippen molar-refractivity contribution in [2.75, 3.05) is 11.9 Å². The lowest BCUT2D eigenvalue weighted by Gasteiger charge is -2.09. The third-order valence-electron chi connectivity index (χ3n) is 3.82. The molecule has 2 heterocycles. The van der Waals surface area contributed by atoms with Crippen LogP contribution in [0.5, 0.6) is 0 Å². The molecule has 1 amide bonds. The second-order valence-electron chi connectivity index (χ2n) is 6.03. The number of hydrogen-bond donors (Lipinski definition) is 1. The van der Waals surface area contributed by atoms with Gasteiger partial charge in [-0.2, -0.15) is 5.10 Å². The summed E-state index contributed by atoms with van der Waals surface area (Å²) in [4.78, 5) is 36.4. The minimum atomic E-state index is -0.590. The highest BCUT2D eigenvalue weighted by Crippen LogP contribution is 2.17. The number of nitrogens with one attached hydrogen (secondary N) is 1. The van der Waals surface area contributed by atoms with Gasteiger partial charge in [-0.15, -0.1) is 11.3 Å². The van der Waals surface area contributed by atoms with E-state index in [1.54, 1.807) is 28.3 Å². The van der Waals surface area contributed by atoms with E-state index in [9.17, 15) is 14.4 Å². The molecule has 0 atom stereocenters. The Morgan fingerprint density at radius 1 is 1.11 bits per heavy atom. The van der Waals surface area contributed by atoms with E-state index >= 15 is 0 Å². The molecule has 2 aromatic heterocycles. The largest absolute Gasteiger partial charge is 0.456 e. The first kappa shape index (κ1) is 19.5. The average molecular weight is 397 g/mol. The Labute approximate surface area is 165 Å². The van der Waals surface area contributed by atoms with Gasteiger partial charge >= 0.3 is 5.97 Å². The van der Waals surface area contributed by atoms with Gasteiger partial charge in [-0.1, -0.05) is 24.3 Å². The van der Waals surface area contributed by atoms with Crippen molar-refractivity contribution < 1.29 is 19.1 Å². The third kappa shape index (κ3) is 5.14. The summed E-state index contributed by atoms with van der Waals surface area (Å²) in [5.41, 5.74) is 1.54. The molecule has 0 aliphatic rings. The molecule has 0 saturated carbocycles. The van der Waals surface area contributed by atoms with Crippen molar-refractivity contribution in [2.45, 2.75) is 19.8 Å². The van der Waals surface area contributed by atoms with E-state index in [1.807, 2.05) is 37.3 Å². The lowest BCUT2D eigenvalue weighted by molar-refractivity contribution is -0.147. The normalized spacial score (nSPS) is 10.5. The van der Waals surface area contributed by atoms with E-state index in [-0.39, 0.29) is 18.6 Å². The highest BCUT2D eigenvalue weighted by Gasteiger charge is 2.14. The molecule has 0 bridgehead atoms. The SMILES string of the molecule is Cc1cc(NC(=O)COC(=O)CCC(=O)c2cccs2)n(-c2ccccc2)n1. The zero-order chi connectivity index (χ0) is 19.9. The highest BCUT2D eigenvalue weighted by atomic mass is 32.1. The monoisotopic (exact) mass is 397 g/mol. The van der Waals surface area contributed by atoms with Crippen molar-refractivity contribution in [1.29, 1.82) is 0 Å². The van der Waals surface area contributed by atoms with Crippen molar-refractivity contribution in [3.8, 4) is 5.69 Å². The van der Waals surface area contributed by atoms with Crippen LogP contribution in [0, 0.1) is 6.92 Å². The number of carbonyl (C=O) groups excluding carboxylic acids is 3. The number of esters is 1. The molecule has 0 saturated heterocycles. The smallest absolute Gasteiger partial charge is 0.306 e. The van der Waals surface area contributed by atoms with Gasteiger partial charge in [0.2, 0.25) is 0 Å². The zero-order valence-electron chi connectivity index (χ0n) is 15.3. The van der Waals surface area contributed by atoms with E-state index in [1.165, 1.54) is 11.3 Å². The average Bonchev–Trinajstić information content (AvgIpc) is 3.35. The van der Waals surface area contributed by atoms with Gasteiger partial charge in [-0.3, -0.25) is 14.4 Å². The van der Waals surface area contributed by atoms with Crippen LogP contribution < -0.4 is 5.32 Å². The Balaban J connectivity index is 1.50. The van der Waals surface area contributed by atoms with Crippen LogP contribution in [0.2, 0.25) is 0 Å². The lowest BCUT2D eigenvalue weighted by Crippen LogP contribution is -2.22. The van der Waals surface area contributed by atoms with Crippen LogP contribution in [-0.2, 0) is 14.3 Å². The van der Waals surface area contributed by atoms with Crippen LogP contribution in [-0.4, -0.2) is 34.0 Å². The van der Waals surface area contributed by atoms with Gasteiger partial charge in [0.25, 0.3) is 5.91 Å². The maximum absolute atomic E-state index is 12.1. The fraction of sp³-hybridized carbons (Fsp3) is 0.200. The first-order valence-electron chi connectivity index (χ1n) is 8.67. The molecule has 28 heavy (non-hydrogen) atoms. The van der Waals surface area contributed by atoms with Gasteiger partial charge < -0.3 is 10.1 Å². The van der Waals surface area contributed by atoms with Gasteiger partial charge in [-0.05, 0) is 30.5 Å². The quantitative estimate of drug-likeness (QED) is 0.465. The molecule has 0 radical (unpaired) electrons. The number of benzene rings is 1. The van der Waals surface area contributed by atoms with Crippen molar-refractivity contribution in [3.05, 3.63) is 64.5 Å². The molecule has 0 fully saturated rings. The molecule has 3 aromatic rings. The molecule has 1 aromatic carbocycles. The van der Waals surface area contributed by atoms with Crippen molar-refractivity contribution >= 4 is 34.8 Å². The number of para-hydroxylation sites is 1. The first-order chi connectivity index (χ1) is 13.5. The number of Topliss-reactive ketones (excluding diaryl/α,β-unsaturated/α-hetero) is 1. The summed E-state index contributed by atoms with van der Waals surface area (Å²) in [6, 6.07) is 14.6. The summed E-state index contributed by atoms with van der Waals surface area (Å²) >= 11 is 1.33. The molecule has 144 valence electrons. The topological polar surface area (TPSA) is 90.3 Å². The number of nitrogens with zero attached hydrogens (tertiary/aromatic N) is 2. The van der Waals surface area contributed by atoms with Gasteiger partial charge in [0.05, 0.1) is 22.7 Å². The minimum Gasteiger partial charge on any atom is -0.456 e. The van der Waals surface area contributed by atoms with Crippen molar-refractivity contribution in [1.82, 2.24) is 9.78 Å². The number of hydrogen-bond acceptors (Lipinski definition) is 6. The molecule has 3 rings (SSSR count). The number of thiophene rings is 1. The molecule has 0 spiro atoms. The Kier molecular flexibility index (Phi) is 6.33. The van der Waals surface area contributed by atoms with E-state index in [0.29, 0.717) is 10.7 Å². The van der Waals surface area contributed by atoms with Crippen molar-refractivity contribution in [3.63, 3.8) is 0 Å². The molecule has 0 unspecified atom stereocenters. The molecule has 8 heteroatoms. The number of aryl methyl sites for hydroxylation is 1. The van der Waals surface area contributed by atoms with Crippen LogP contribution in [0.3, 0.4) is 0 Å². The Morgan fingerprint density at radius 3 is 2.61 bits per heavy atom. The van der Waals surface area contributed by atoms with Crippen LogP contribution >= 0.6 is 11.3 Å². The summed E-state index contributed by atoms with van der Waals surface area (Å²) in [5, 5.41) is 8.85. The predicted octanol–water partition coefficient (Wildman–Crippen LogP) is 3.39. The fourth-order valence-electron chi connectivity index (χ4n) is 2.53. The number of ketones is 1. The number of anilines is 1. The van der Waals surface area contributed by atoms with E-state index in [4.69, 9.17) is 4.74 Å². The predicted molar refractivity (Wildman–Crippen MR) is 106 cm³/mol. The Morgan fingerprint density at radius 2 is 1.89 bits per heavy atom. The second-order valence-corrected chi connectivity index (χ2v) is 6.98. The van der Waals surface area contributed by atoms with Crippen molar-refractivity contribution in [2.24, 2.45) is 0 Å². The van der Waals surface area contributed by atoms with Gasteiger partial charge in [0.15, 0.2) is 12.4 Å². The second kappa shape index (κ2) is 9.09. The zero-order valence-corrected chi connectivity index (χ0v) is 16.1. The number of rotatable bonds is 8. The Hall–Kier alpha value is -3.26. The third-order valence-corrected chi connectivity index (χ3v) is 4.73. The number of aromatic nitrogens is 2. The van der Waals surface area contributed by atoms with Gasteiger partial charge in [0, 0.05) is 12.5 Å². The number of ether oxygens (including phenoxy) is 1. The highest BCUT2D eigenvalue weighted by molar-refractivity contribution is 7.12. The van der Waals surface area contributed by atoms with E-state index in [2.05, 4.69) is 10.4 Å². The van der Waals surface area contributed by atoms with Crippen LogP contribution in [0.1, 0.15) is 28.2 Å². The lowest BCUT2D eigenvalue weighted by atomic mass is 10.2. The minimum absolute atomic E-state index is 0.0565. The summed E-state index contributed by atoms with van der Waals surface area (Å²) in [5.74, 6) is -0.695. The Bertz CT molecular complexity index is 965. The van der Waals surface area contributed by atoms with E-state index in [0.717, 1.165) is 11.4 Å². The summed E-state index contributed by atoms with van der Waals surface area (Å²) in [6.07, 6.45) is -0.00793. The van der Waals surface area contributed by atoms with Crippen LogP contribution in [0.25, 0.3) is 5.69 Å². The maximum Gasteiger partial charge on any atom is 0.306 e. The number of amides is 1. The van der Waals surface area contributed by atoms with Crippen LogP contribution in [0.4, 0.5) is 5.82 Å². The molecule has 0 aliphatic carbocycles. The van der Waals surface area contributed by atoms with E-state index < -0.39 is 18.5 Å². The van der Waals surface area contributed by atoms with Crippen LogP contribution in [0.15, 0.2) is 53.9 Å². The molecule has 1 N–H and O–H groups in total. The standard InChI is InChI=1S/C20H19N3O4S/c1-14-12-18(23(22-14)15-6-3-2-4-7-15)21-19(25)13-27-20(26)10-9-16(24)17-8-5-11-28-17/h2-8,11-12H,9-10,13H2,1H3,(H,21,25).